The topological polar surface area (TPSA) is 25.2 Å². The quantitative estimate of drug-likeness (QED) is 0.885. The van der Waals surface area contributed by atoms with Gasteiger partial charge in [0.2, 0.25) is 0 Å². The molecule has 1 unspecified atom stereocenters. The molecule has 0 saturated heterocycles. The maximum atomic E-state index is 5.44. The third-order valence-corrected chi connectivity index (χ3v) is 6.17. The molecular formula is C17H25NO. The summed E-state index contributed by atoms with van der Waals surface area (Å²) >= 11 is 0. The van der Waals surface area contributed by atoms with Gasteiger partial charge < -0.3 is 9.73 Å². The molecule has 4 saturated carbocycles. The van der Waals surface area contributed by atoms with E-state index in [9.17, 15) is 0 Å². The van der Waals surface area contributed by atoms with E-state index in [-0.39, 0.29) is 0 Å². The van der Waals surface area contributed by atoms with Gasteiger partial charge in [-0.1, -0.05) is 0 Å². The molecule has 1 N–H and O–H groups in total. The number of hydrogen-bond donors (Lipinski definition) is 1. The first-order chi connectivity index (χ1) is 9.23. The van der Waals surface area contributed by atoms with Crippen LogP contribution in [-0.4, -0.2) is 6.04 Å². The van der Waals surface area contributed by atoms with Crippen molar-refractivity contribution in [1.29, 1.82) is 0 Å². The van der Waals surface area contributed by atoms with E-state index in [1.54, 1.807) is 6.26 Å². The molecule has 4 aliphatic carbocycles. The van der Waals surface area contributed by atoms with Crippen molar-refractivity contribution in [3.8, 4) is 0 Å². The van der Waals surface area contributed by atoms with Crippen molar-refractivity contribution >= 4 is 0 Å². The molecule has 4 bridgehead atoms. The van der Waals surface area contributed by atoms with Gasteiger partial charge in [0.25, 0.3) is 0 Å². The SMILES string of the molecule is CC(NCc1ccco1)C12CC3CC(CC(C3)C1)C2. The van der Waals surface area contributed by atoms with E-state index in [0.717, 1.165) is 30.1 Å². The summed E-state index contributed by atoms with van der Waals surface area (Å²) in [5.74, 6) is 4.19. The van der Waals surface area contributed by atoms with Crippen LogP contribution in [0.4, 0.5) is 0 Å². The zero-order chi connectivity index (χ0) is 12.9. The minimum atomic E-state index is 0.599. The van der Waals surface area contributed by atoms with Crippen molar-refractivity contribution < 1.29 is 4.42 Å². The van der Waals surface area contributed by atoms with Crippen molar-refractivity contribution in [2.45, 2.75) is 58.0 Å². The first-order valence-corrected chi connectivity index (χ1v) is 7.99. The van der Waals surface area contributed by atoms with Crippen LogP contribution in [0.25, 0.3) is 0 Å². The van der Waals surface area contributed by atoms with Crippen molar-refractivity contribution in [3.63, 3.8) is 0 Å². The summed E-state index contributed by atoms with van der Waals surface area (Å²) in [5.41, 5.74) is 0.599. The van der Waals surface area contributed by atoms with Gasteiger partial charge in [-0.15, -0.1) is 0 Å². The Labute approximate surface area is 116 Å². The molecule has 19 heavy (non-hydrogen) atoms. The van der Waals surface area contributed by atoms with E-state index >= 15 is 0 Å². The minimum absolute atomic E-state index is 0.599. The van der Waals surface area contributed by atoms with Crippen LogP contribution in [0.15, 0.2) is 22.8 Å². The second kappa shape index (κ2) is 4.37. The third kappa shape index (κ3) is 2.05. The van der Waals surface area contributed by atoms with Crippen LogP contribution in [-0.2, 0) is 6.54 Å². The fourth-order valence-corrected chi connectivity index (χ4v) is 5.59. The molecule has 0 radical (unpaired) electrons. The van der Waals surface area contributed by atoms with Crippen LogP contribution in [0.5, 0.6) is 0 Å². The summed E-state index contributed by atoms with van der Waals surface area (Å²) in [7, 11) is 0. The number of nitrogens with one attached hydrogen (secondary N) is 1. The summed E-state index contributed by atoms with van der Waals surface area (Å²) in [6, 6.07) is 4.68. The van der Waals surface area contributed by atoms with E-state index < -0.39 is 0 Å². The summed E-state index contributed by atoms with van der Waals surface area (Å²) in [6.07, 6.45) is 10.8. The highest BCUT2D eigenvalue weighted by atomic mass is 16.3. The van der Waals surface area contributed by atoms with E-state index in [4.69, 9.17) is 4.42 Å². The lowest BCUT2D eigenvalue weighted by molar-refractivity contribution is -0.0708. The van der Waals surface area contributed by atoms with Crippen molar-refractivity contribution in [2.75, 3.05) is 0 Å². The Morgan fingerprint density at radius 1 is 1.21 bits per heavy atom. The molecule has 0 aromatic carbocycles. The first kappa shape index (κ1) is 12.0. The minimum Gasteiger partial charge on any atom is -0.468 e. The molecule has 0 amide bonds. The molecule has 4 fully saturated rings. The van der Waals surface area contributed by atoms with E-state index in [2.05, 4.69) is 18.3 Å². The predicted molar refractivity (Wildman–Crippen MR) is 75.6 cm³/mol. The number of furan rings is 1. The van der Waals surface area contributed by atoms with Crippen LogP contribution in [0.1, 0.15) is 51.2 Å². The largest absolute Gasteiger partial charge is 0.468 e. The lowest BCUT2D eigenvalue weighted by atomic mass is 9.48. The molecule has 2 heteroatoms. The smallest absolute Gasteiger partial charge is 0.117 e. The molecule has 1 aromatic heterocycles. The standard InChI is InChI=1S/C17H25NO/c1-12(18-11-16-3-2-4-19-16)17-8-13-5-14(9-17)7-15(6-13)10-17/h2-4,12-15,18H,5-11H2,1H3. The molecule has 5 rings (SSSR count). The summed E-state index contributed by atoms with van der Waals surface area (Å²) in [5, 5.41) is 3.75. The van der Waals surface area contributed by atoms with E-state index in [1.807, 2.05) is 6.07 Å². The Hall–Kier alpha value is -0.760. The molecule has 2 nitrogen and oxygen atoms in total. The predicted octanol–water partition coefficient (Wildman–Crippen LogP) is 3.97. The summed E-state index contributed by atoms with van der Waals surface area (Å²) in [6.45, 7) is 3.30. The van der Waals surface area contributed by atoms with E-state index in [1.165, 1.54) is 38.5 Å². The zero-order valence-electron chi connectivity index (χ0n) is 11.9. The third-order valence-electron chi connectivity index (χ3n) is 6.17. The van der Waals surface area contributed by atoms with Crippen LogP contribution >= 0.6 is 0 Å². The Morgan fingerprint density at radius 2 is 1.84 bits per heavy atom. The molecule has 1 heterocycles. The molecule has 0 spiro atoms. The number of rotatable bonds is 4. The van der Waals surface area contributed by atoms with Gasteiger partial charge >= 0.3 is 0 Å². The Kier molecular flexibility index (Phi) is 2.77. The lowest BCUT2D eigenvalue weighted by Gasteiger charge is -2.59. The molecular weight excluding hydrogens is 234 g/mol. The fraction of sp³-hybridized carbons (Fsp3) is 0.765. The van der Waals surface area contributed by atoms with E-state index in [0.29, 0.717) is 11.5 Å². The Bertz CT molecular complexity index is 401. The van der Waals surface area contributed by atoms with Gasteiger partial charge in [-0.3, -0.25) is 0 Å². The first-order valence-electron chi connectivity index (χ1n) is 7.99. The second-order valence-electron chi connectivity index (χ2n) is 7.46. The fourth-order valence-electron chi connectivity index (χ4n) is 5.59. The zero-order valence-corrected chi connectivity index (χ0v) is 11.9. The Balaban J connectivity index is 1.45. The normalized spacial score (nSPS) is 41.6. The summed E-state index contributed by atoms with van der Waals surface area (Å²) in [4.78, 5) is 0. The van der Waals surface area contributed by atoms with Gasteiger partial charge in [0.05, 0.1) is 12.8 Å². The lowest BCUT2D eigenvalue weighted by Crippen LogP contribution is -2.54. The van der Waals surface area contributed by atoms with Gasteiger partial charge in [0, 0.05) is 6.04 Å². The van der Waals surface area contributed by atoms with Gasteiger partial charge in [0.15, 0.2) is 0 Å². The van der Waals surface area contributed by atoms with Gasteiger partial charge in [-0.25, -0.2) is 0 Å². The maximum absolute atomic E-state index is 5.44. The van der Waals surface area contributed by atoms with Crippen molar-refractivity contribution in [3.05, 3.63) is 24.2 Å². The maximum Gasteiger partial charge on any atom is 0.117 e. The van der Waals surface area contributed by atoms with Gasteiger partial charge in [-0.2, -0.15) is 0 Å². The van der Waals surface area contributed by atoms with Gasteiger partial charge in [0.1, 0.15) is 5.76 Å². The average Bonchev–Trinajstić information content (AvgIpc) is 2.87. The Morgan fingerprint density at radius 3 is 2.37 bits per heavy atom. The molecule has 1 atom stereocenters. The molecule has 4 aliphatic rings. The number of hydrogen-bond acceptors (Lipinski definition) is 2. The van der Waals surface area contributed by atoms with Crippen molar-refractivity contribution in [2.24, 2.45) is 23.2 Å². The molecule has 104 valence electrons. The molecule has 0 aliphatic heterocycles. The highest BCUT2D eigenvalue weighted by molar-refractivity contribution is 5.06. The monoisotopic (exact) mass is 259 g/mol. The van der Waals surface area contributed by atoms with Crippen LogP contribution in [0, 0.1) is 23.2 Å². The van der Waals surface area contributed by atoms with Crippen molar-refractivity contribution in [1.82, 2.24) is 5.32 Å². The van der Waals surface area contributed by atoms with Crippen LogP contribution < -0.4 is 5.32 Å². The highest BCUT2D eigenvalue weighted by Gasteiger charge is 2.52. The molecule has 1 aromatic rings. The second-order valence-corrected chi connectivity index (χ2v) is 7.46. The van der Waals surface area contributed by atoms with Crippen LogP contribution in [0.3, 0.4) is 0 Å². The summed E-state index contributed by atoms with van der Waals surface area (Å²) < 4.78 is 5.44. The van der Waals surface area contributed by atoms with Crippen LogP contribution in [0.2, 0.25) is 0 Å². The highest BCUT2D eigenvalue weighted by Crippen LogP contribution is 2.61. The average molecular weight is 259 g/mol. The van der Waals surface area contributed by atoms with Gasteiger partial charge in [-0.05, 0) is 80.8 Å².